The molecule has 0 aliphatic heterocycles. The molecule has 1 heterocycles. The average molecular weight is 410 g/mol. The lowest BCUT2D eigenvalue weighted by Crippen LogP contribution is -2.09. The molecule has 0 aliphatic rings. The minimum atomic E-state index is -4.54. The monoisotopic (exact) mass is 410 g/mol. The van der Waals surface area contributed by atoms with Crippen molar-refractivity contribution in [2.75, 3.05) is 6.61 Å². The molecule has 160 valence electrons. The van der Waals surface area contributed by atoms with Crippen molar-refractivity contribution in [3.63, 3.8) is 0 Å². The van der Waals surface area contributed by atoms with Gasteiger partial charge in [0, 0.05) is 11.5 Å². The Morgan fingerprint density at radius 3 is 2.59 bits per heavy atom. The van der Waals surface area contributed by atoms with Crippen molar-refractivity contribution >= 4 is 0 Å². The molecule has 4 nitrogen and oxygen atoms in total. The molecule has 0 bridgehead atoms. The van der Waals surface area contributed by atoms with Crippen LogP contribution in [0.2, 0.25) is 0 Å². The van der Waals surface area contributed by atoms with Crippen LogP contribution in [-0.4, -0.2) is 16.7 Å². The van der Waals surface area contributed by atoms with Crippen LogP contribution in [0.1, 0.15) is 76.7 Å². The summed E-state index contributed by atoms with van der Waals surface area (Å²) in [5.41, 5.74) is -0.580. The van der Waals surface area contributed by atoms with Crippen molar-refractivity contribution in [3.05, 3.63) is 41.8 Å². The fourth-order valence-corrected chi connectivity index (χ4v) is 2.84. The molecule has 0 aliphatic carbocycles. The van der Waals surface area contributed by atoms with Crippen LogP contribution in [0.5, 0.6) is 5.75 Å². The molecular weight excluding hydrogens is 381 g/mol. The number of benzene rings is 1. The molecule has 1 atom stereocenters. The molecule has 2 aromatic rings. The van der Waals surface area contributed by atoms with E-state index < -0.39 is 11.7 Å². The van der Waals surface area contributed by atoms with Crippen LogP contribution < -0.4 is 4.74 Å². The second-order valence-corrected chi connectivity index (χ2v) is 7.11. The number of hydrogen-bond acceptors (Lipinski definition) is 4. The van der Waals surface area contributed by atoms with Crippen molar-refractivity contribution in [2.24, 2.45) is 0 Å². The standard InChI is InChI=1S/C22H29F3N2O2/c1-4-6-8-9-10-14-28-19-13-12-17(15-18(19)22(23,24)25)20-26-21(29-27-20)16(3)11-7-5-2/h8-9,12-13,15-16H,4-7,10-11,14H2,1-3H3/b9-8-/t16-/m0/s1. The number of nitrogens with zero attached hydrogens (tertiary/aromatic N) is 2. The van der Waals surface area contributed by atoms with E-state index in [4.69, 9.17) is 9.26 Å². The Morgan fingerprint density at radius 1 is 1.14 bits per heavy atom. The summed E-state index contributed by atoms with van der Waals surface area (Å²) in [5, 5.41) is 3.87. The molecule has 0 fully saturated rings. The quantitative estimate of drug-likeness (QED) is 0.291. The van der Waals surface area contributed by atoms with Crippen molar-refractivity contribution < 1.29 is 22.4 Å². The zero-order chi connectivity index (χ0) is 21.3. The van der Waals surface area contributed by atoms with E-state index in [0.29, 0.717) is 12.3 Å². The van der Waals surface area contributed by atoms with Crippen molar-refractivity contribution in [2.45, 2.75) is 71.4 Å². The Hall–Kier alpha value is -2.31. The number of rotatable bonds is 11. The molecule has 0 unspecified atom stereocenters. The lowest BCUT2D eigenvalue weighted by molar-refractivity contribution is -0.138. The molecule has 1 aromatic heterocycles. The van der Waals surface area contributed by atoms with Crippen LogP contribution in [0.25, 0.3) is 11.4 Å². The molecule has 0 radical (unpaired) electrons. The smallest absolute Gasteiger partial charge is 0.419 e. The first kappa shape index (κ1) is 23.0. The summed E-state index contributed by atoms with van der Waals surface area (Å²) >= 11 is 0. The zero-order valence-corrected chi connectivity index (χ0v) is 17.3. The highest BCUT2D eigenvalue weighted by Crippen LogP contribution is 2.38. The van der Waals surface area contributed by atoms with Gasteiger partial charge in [0.1, 0.15) is 5.75 Å². The number of hydrogen-bond donors (Lipinski definition) is 0. The second-order valence-electron chi connectivity index (χ2n) is 7.11. The van der Waals surface area contributed by atoms with Crippen molar-refractivity contribution in [3.8, 4) is 17.1 Å². The van der Waals surface area contributed by atoms with E-state index in [0.717, 1.165) is 38.2 Å². The summed E-state index contributed by atoms with van der Waals surface area (Å²) in [6.45, 7) is 6.32. The minimum Gasteiger partial charge on any atom is -0.493 e. The maximum atomic E-state index is 13.5. The van der Waals surface area contributed by atoms with Gasteiger partial charge in [0.25, 0.3) is 0 Å². The largest absolute Gasteiger partial charge is 0.493 e. The fraction of sp³-hybridized carbons (Fsp3) is 0.545. The third-order valence-electron chi connectivity index (χ3n) is 4.56. The molecule has 29 heavy (non-hydrogen) atoms. The topological polar surface area (TPSA) is 48.2 Å². The van der Waals surface area contributed by atoms with Crippen molar-refractivity contribution in [1.82, 2.24) is 10.1 Å². The highest BCUT2D eigenvalue weighted by molar-refractivity contribution is 5.59. The zero-order valence-electron chi connectivity index (χ0n) is 17.3. The summed E-state index contributed by atoms with van der Waals surface area (Å²) in [6.07, 6.45) is 4.90. The van der Waals surface area contributed by atoms with E-state index in [1.165, 1.54) is 12.1 Å². The normalized spacial score (nSPS) is 13.2. The van der Waals surface area contributed by atoms with Crippen LogP contribution in [-0.2, 0) is 6.18 Å². The van der Waals surface area contributed by atoms with Crippen molar-refractivity contribution in [1.29, 1.82) is 0 Å². The number of unbranched alkanes of at least 4 members (excludes halogenated alkanes) is 2. The Labute approximate surface area is 170 Å². The number of alkyl halides is 3. The fourth-order valence-electron chi connectivity index (χ4n) is 2.84. The third-order valence-corrected chi connectivity index (χ3v) is 4.56. The number of aromatic nitrogens is 2. The van der Waals surface area contributed by atoms with Gasteiger partial charge >= 0.3 is 6.18 Å². The van der Waals surface area contributed by atoms with Crippen LogP contribution in [0, 0.1) is 0 Å². The first-order valence-electron chi connectivity index (χ1n) is 10.2. The first-order chi connectivity index (χ1) is 13.9. The van der Waals surface area contributed by atoms with Crippen LogP contribution >= 0.6 is 0 Å². The molecule has 0 spiro atoms. The number of allylic oxidation sites excluding steroid dienone is 1. The Morgan fingerprint density at radius 2 is 1.90 bits per heavy atom. The van der Waals surface area contributed by atoms with E-state index in [-0.39, 0.29) is 29.7 Å². The maximum Gasteiger partial charge on any atom is 0.419 e. The first-order valence-corrected chi connectivity index (χ1v) is 10.2. The van der Waals surface area contributed by atoms with Gasteiger partial charge in [-0.1, -0.05) is 57.3 Å². The molecule has 0 amide bonds. The SMILES string of the molecule is CCC/C=C\CCOc1ccc(-c2noc([C@@H](C)CCCC)n2)cc1C(F)(F)F. The van der Waals surface area contributed by atoms with Gasteiger partial charge in [-0.25, -0.2) is 0 Å². The van der Waals surface area contributed by atoms with Gasteiger partial charge in [-0.3, -0.25) is 0 Å². The highest BCUT2D eigenvalue weighted by Gasteiger charge is 2.35. The summed E-state index contributed by atoms with van der Waals surface area (Å²) in [5.74, 6) is 0.482. The molecule has 0 saturated carbocycles. The molecule has 7 heteroatoms. The predicted molar refractivity (Wildman–Crippen MR) is 107 cm³/mol. The predicted octanol–water partition coefficient (Wildman–Crippen LogP) is 7.17. The van der Waals surface area contributed by atoms with Gasteiger partial charge in [0.15, 0.2) is 0 Å². The number of ether oxygens (including phenoxy) is 1. The van der Waals surface area contributed by atoms with Crippen LogP contribution in [0.15, 0.2) is 34.9 Å². The van der Waals surface area contributed by atoms with Crippen LogP contribution in [0.4, 0.5) is 13.2 Å². The highest BCUT2D eigenvalue weighted by atomic mass is 19.4. The van der Waals surface area contributed by atoms with E-state index in [9.17, 15) is 13.2 Å². The summed E-state index contributed by atoms with van der Waals surface area (Å²) in [6, 6.07) is 3.88. The maximum absolute atomic E-state index is 13.5. The van der Waals surface area contributed by atoms with Gasteiger partial charge in [-0.2, -0.15) is 18.2 Å². The van der Waals surface area contributed by atoms with E-state index >= 15 is 0 Å². The molecule has 0 N–H and O–H groups in total. The lowest BCUT2D eigenvalue weighted by atomic mass is 10.0. The third kappa shape index (κ3) is 6.91. The number of halogens is 3. The van der Waals surface area contributed by atoms with E-state index in [1.54, 1.807) is 0 Å². The van der Waals surface area contributed by atoms with Gasteiger partial charge in [-0.15, -0.1) is 0 Å². The molecule has 2 rings (SSSR count). The Kier molecular flexibility index (Phi) is 8.73. The van der Waals surface area contributed by atoms with E-state index in [2.05, 4.69) is 24.0 Å². The van der Waals surface area contributed by atoms with Gasteiger partial charge in [0.2, 0.25) is 11.7 Å². The summed E-state index contributed by atoms with van der Waals surface area (Å²) in [7, 11) is 0. The van der Waals surface area contributed by atoms with E-state index in [1.807, 2.05) is 19.1 Å². The summed E-state index contributed by atoms with van der Waals surface area (Å²) < 4.78 is 51.3. The second kappa shape index (κ2) is 11.0. The van der Waals surface area contributed by atoms with Gasteiger partial charge < -0.3 is 9.26 Å². The molecule has 0 saturated heterocycles. The Bertz CT molecular complexity index is 785. The summed E-state index contributed by atoms with van der Waals surface area (Å²) in [4.78, 5) is 4.30. The Balaban J connectivity index is 2.15. The van der Waals surface area contributed by atoms with Gasteiger partial charge in [-0.05, 0) is 37.5 Å². The molecular formula is C22H29F3N2O2. The van der Waals surface area contributed by atoms with Gasteiger partial charge in [0.05, 0.1) is 12.2 Å². The molecule has 1 aromatic carbocycles. The van der Waals surface area contributed by atoms with Crippen LogP contribution in [0.3, 0.4) is 0 Å². The lowest BCUT2D eigenvalue weighted by Gasteiger charge is -2.14. The minimum absolute atomic E-state index is 0.0710. The average Bonchev–Trinajstić information content (AvgIpc) is 3.18.